The van der Waals surface area contributed by atoms with Gasteiger partial charge in [0.25, 0.3) is 10.0 Å². The Kier molecular flexibility index (Phi) is 7.47. The maximum atomic E-state index is 13.9. The van der Waals surface area contributed by atoms with Crippen LogP contribution in [-0.2, 0) is 32.5 Å². The Bertz CT molecular complexity index is 2070. The molecule has 0 radical (unpaired) electrons. The molecule has 5 aromatic rings. The molecule has 1 saturated heterocycles. The Balaban J connectivity index is 1.36. The van der Waals surface area contributed by atoms with Gasteiger partial charge < -0.3 is 9.47 Å². The molecular weight excluding hydrogens is 578 g/mol. The number of aromatic nitrogens is 5. The zero-order valence-corrected chi connectivity index (χ0v) is 25.7. The van der Waals surface area contributed by atoms with Gasteiger partial charge in [-0.1, -0.05) is 30.7 Å². The molecule has 0 bridgehead atoms. The summed E-state index contributed by atoms with van der Waals surface area (Å²) in [5, 5.41) is 0.760. The Morgan fingerprint density at radius 2 is 1.84 bits per heavy atom. The third kappa shape index (κ3) is 4.89. The van der Waals surface area contributed by atoms with E-state index in [1.807, 2.05) is 26.0 Å². The first-order valence-electron chi connectivity index (χ1n) is 15.2. The molecule has 228 valence electrons. The minimum Gasteiger partial charge on any atom is -0.376 e. The van der Waals surface area contributed by atoms with E-state index in [0.717, 1.165) is 64.5 Å². The normalized spacial score (nSPS) is 17.8. The monoisotopic (exact) mass is 613 g/mol. The summed E-state index contributed by atoms with van der Waals surface area (Å²) in [5.41, 5.74) is 6.17. The van der Waals surface area contributed by atoms with Crippen LogP contribution in [0.5, 0.6) is 0 Å². The molecule has 1 aliphatic carbocycles. The van der Waals surface area contributed by atoms with Crippen molar-refractivity contribution < 1.29 is 17.9 Å². The highest BCUT2D eigenvalue weighted by molar-refractivity contribution is 7.90. The Labute approximate surface area is 255 Å². The second kappa shape index (κ2) is 11.5. The molecule has 10 nitrogen and oxygen atoms in total. The maximum absolute atomic E-state index is 13.9. The van der Waals surface area contributed by atoms with Crippen LogP contribution in [0.4, 0.5) is 0 Å². The van der Waals surface area contributed by atoms with Gasteiger partial charge in [0.2, 0.25) is 0 Å². The van der Waals surface area contributed by atoms with Crippen LogP contribution in [0.25, 0.3) is 39.0 Å². The molecule has 4 aromatic heterocycles. The number of allylic oxidation sites excluding steroid dienone is 2. The first-order valence-corrected chi connectivity index (χ1v) is 16.6. The number of hydrogen-bond donors (Lipinski definition) is 0. The summed E-state index contributed by atoms with van der Waals surface area (Å²) in [6.45, 7) is 5.80. The SMILES string of the molecule is CCc1c(-c2cnc3c(c2)n(C[C@H]2COCCO2)c(=O)n3C2=CCCCC2)cnc2c1ccn2S(=O)(=O)c1ccc(C)cc1. The third-order valence-corrected chi connectivity index (χ3v) is 10.3. The predicted molar refractivity (Wildman–Crippen MR) is 169 cm³/mol. The van der Waals surface area contributed by atoms with Crippen molar-refractivity contribution in [1.29, 1.82) is 0 Å². The topological polar surface area (TPSA) is 110 Å². The van der Waals surface area contributed by atoms with Gasteiger partial charge in [-0.2, -0.15) is 0 Å². The fourth-order valence-electron chi connectivity index (χ4n) is 6.35. The smallest absolute Gasteiger partial charge is 0.334 e. The number of imidazole rings is 1. The van der Waals surface area contributed by atoms with E-state index in [0.29, 0.717) is 44.1 Å². The number of fused-ring (bicyclic) bond motifs is 2. The van der Waals surface area contributed by atoms with Crippen LogP contribution in [0.2, 0.25) is 0 Å². The zero-order chi connectivity index (χ0) is 30.4. The molecular formula is C33H35N5O5S. The highest BCUT2D eigenvalue weighted by Gasteiger charge is 2.25. The summed E-state index contributed by atoms with van der Waals surface area (Å²) in [7, 11) is -3.83. The molecule has 0 spiro atoms. The molecule has 5 heterocycles. The largest absolute Gasteiger partial charge is 0.376 e. The highest BCUT2D eigenvalue weighted by atomic mass is 32.2. The van der Waals surface area contributed by atoms with Crippen LogP contribution in [0.1, 0.15) is 43.7 Å². The van der Waals surface area contributed by atoms with E-state index in [9.17, 15) is 13.2 Å². The summed E-state index contributed by atoms with van der Waals surface area (Å²) >= 11 is 0. The van der Waals surface area contributed by atoms with Gasteiger partial charge in [0.05, 0.1) is 42.9 Å². The van der Waals surface area contributed by atoms with E-state index in [1.54, 1.807) is 52.0 Å². The highest BCUT2D eigenvalue weighted by Crippen LogP contribution is 2.33. The molecule has 2 aliphatic rings. The molecule has 1 aliphatic heterocycles. The predicted octanol–water partition coefficient (Wildman–Crippen LogP) is 5.15. The van der Waals surface area contributed by atoms with E-state index >= 15 is 0 Å². The lowest BCUT2D eigenvalue weighted by Gasteiger charge is -2.23. The molecule has 7 rings (SSSR count). The lowest BCUT2D eigenvalue weighted by Crippen LogP contribution is -2.36. The Morgan fingerprint density at radius 1 is 1.02 bits per heavy atom. The molecule has 1 aromatic carbocycles. The number of ether oxygens (including phenoxy) is 2. The number of hydrogen-bond acceptors (Lipinski definition) is 7. The van der Waals surface area contributed by atoms with Gasteiger partial charge in [-0.3, -0.25) is 4.57 Å². The van der Waals surface area contributed by atoms with Crippen molar-refractivity contribution in [2.24, 2.45) is 0 Å². The number of nitrogens with zero attached hydrogens (tertiary/aromatic N) is 5. The van der Waals surface area contributed by atoms with E-state index in [4.69, 9.17) is 14.5 Å². The van der Waals surface area contributed by atoms with E-state index in [2.05, 4.69) is 11.1 Å². The first-order chi connectivity index (χ1) is 21.4. The third-order valence-electron chi connectivity index (χ3n) is 8.63. The molecule has 1 fully saturated rings. The fraction of sp³-hybridized carbons (Fsp3) is 0.364. The lowest BCUT2D eigenvalue weighted by molar-refractivity contribution is -0.0935. The van der Waals surface area contributed by atoms with Crippen LogP contribution in [0.3, 0.4) is 0 Å². The fourth-order valence-corrected chi connectivity index (χ4v) is 7.65. The number of benzene rings is 1. The molecule has 0 saturated carbocycles. The van der Waals surface area contributed by atoms with Gasteiger partial charge >= 0.3 is 5.69 Å². The summed E-state index contributed by atoms with van der Waals surface area (Å²) in [6, 6.07) is 10.6. The molecule has 0 unspecified atom stereocenters. The van der Waals surface area contributed by atoms with Crippen molar-refractivity contribution in [3.05, 3.63) is 82.7 Å². The number of pyridine rings is 2. The summed E-state index contributed by atoms with van der Waals surface area (Å²) in [5.74, 6) is 0. The van der Waals surface area contributed by atoms with Gasteiger partial charge in [0.1, 0.15) is 0 Å². The number of rotatable bonds is 7. The average molecular weight is 614 g/mol. The molecule has 11 heteroatoms. The van der Waals surface area contributed by atoms with Crippen molar-refractivity contribution in [3.8, 4) is 11.1 Å². The second-order valence-electron chi connectivity index (χ2n) is 11.5. The Hall–Kier alpha value is -4.06. The van der Waals surface area contributed by atoms with Crippen LogP contribution in [0.15, 0.2) is 70.8 Å². The molecule has 0 amide bonds. The van der Waals surface area contributed by atoms with Crippen LogP contribution < -0.4 is 5.69 Å². The van der Waals surface area contributed by atoms with Crippen LogP contribution >= 0.6 is 0 Å². The minimum atomic E-state index is -3.83. The zero-order valence-electron chi connectivity index (χ0n) is 24.9. The summed E-state index contributed by atoms with van der Waals surface area (Å²) in [4.78, 5) is 23.6. The van der Waals surface area contributed by atoms with Crippen LogP contribution in [-0.4, -0.2) is 57.4 Å². The van der Waals surface area contributed by atoms with Crippen molar-refractivity contribution in [1.82, 2.24) is 23.1 Å². The second-order valence-corrected chi connectivity index (χ2v) is 13.3. The summed E-state index contributed by atoms with van der Waals surface area (Å²) < 4.78 is 43.4. The van der Waals surface area contributed by atoms with E-state index in [1.165, 1.54) is 3.97 Å². The van der Waals surface area contributed by atoms with Gasteiger partial charge in [-0.25, -0.2) is 31.7 Å². The van der Waals surface area contributed by atoms with E-state index in [-0.39, 0.29) is 16.7 Å². The molecule has 1 atom stereocenters. The maximum Gasteiger partial charge on any atom is 0.334 e. The standard InChI is InChI=1S/C33H35N5O5S/c1-3-27-28-13-14-37(44(40,41)26-11-9-22(2)10-12-26)31(28)35-19-29(27)23-17-30-32(34-18-23)38(24-7-5-4-6-8-24)33(39)36(30)20-25-21-42-15-16-43-25/h7,9-14,17-19,25H,3-6,8,15-16,20-21H2,1-2H3/t25-/m0/s1. The minimum absolute atomic E-state index is 0.130. The van der Waals surface area contributed by atoms with Crippen LogP contribution in [0, 0.1) is 6.92 Å². The van der Waals surface area contributed by atoms with Crippen molar-refractivity contribution in [2.75, 3.05) is 19.8 Å². The van der Waals surface area contributed by atoms with E-state index < -0.39 is 10.0 Å². The van der Waals surface area contributed by atoms with Crippen molar-refractivity contribution >= 4 is 37.9 Å². The number of aryl methyl sites for hydroxylation is 2. The average Bonchev–Trinajstić information content (AvgIpc) is 3.61. The molecule has 0 N–H and O–H groups in total. The molecule has 44 heavy (non-hydrogen) atoms. The lowest BCUT2D eigenvalue weighted by atomic mass is 9.99. The summed E-state index contributed by atoms with van der Waals surface area (Å²) in [6.07, 6.45) is 11.6. The first kappa shape index (κ1) is 28.7. The quantitative estimate of drug-likeness (QED) is 0.250. The van der Waals surface area contributed by atoms with Crippen molar-refractivity contribution in [3.63, 3.8) is 0 Å². The Morgan fingerprint density at radius 3 is 2.57 bits per heavy atom. The van der Waals surface area contributed by atoms with Crippen molar-refractivity contribution in [2.45, 2.75) is 63.5 Å². The van der Waals surface area contributed by atoms with Gasteiger partial charge in [0, 0.05) is 40.8 Å². The van der Waals surface area contributed by atoms with Gasteiger partial charge in [-0.05, 0) is 68.9 Å². The van der Waals surface area contributed by atoms with Gasteiger partial charge in [0.15, 0.2) is 11.3 Å². The van der Waals surface area contributed by atoms with Gasteiger partial charge in [-0.15, -0.1) is 0 Å².